The van der Waals surface area contributed by atoms with Crippen molar-refractivity contribution in [1.82, 2.24) is 0 Å². The first kappa shape index (κ1) is 22.6. The van der Waals surface area contributed by atoms with Gasteiger partial charge in [0.25, 0.3) is 11.8 Å². The molecule has 5 nitrogen and oxygen atoms in total. The third-order valence-electron chi connectivity index (χ3n) is 5.91. The van der Waals surface area contributed by atoms with Gasteiger partial charge in [0.1, 0.15) is 11.4 Å². The zero-order chi connectivity index (χ0) is 23.9. The van der Waals surface area contributed by atoms with Crippen molar-refractivity contribution in [2.45, 2.75) is 27.7 Å². The molecule has 2 amide bonds. The third kappa shape index (κ3) is 4.12. The van der Waals surface area contributed by atoms with Gasteiger partial charge >= 0.3 is 0 Å². The number of nitrogens with zero attached hydrogens (tertiary/aromatic N) is 1. The van der Waals surface area contributed by atoms with Crippen LogP contribution >= 0.6 is 11.6 Å². The van der Waals surface area contributed by atoms with E-state index in [-0.39, 0.29) is 11.6 Å². The van der Waals surface area contributed by atoms with Crippen LogP contribution in [0.25, 0.3) is 5.57 Å². The quantitative estimate of drug-likeness (QED) is 0.476. The van der Waals surface area contributed by atoms with E-state index < -0.39 is 5.91 Å². The Morgan fingerprint density at radius 3 is 2.24 bits per heavy atom. The lowest BCUT2D eigenvalue weighted by atomic mass is 9.99. The molecular formula is C27H25ClN2O3. The number of rotatable bonds is 5. The van der Waals surface area contributed by atoms with Gasteiger partial charge in [0.05, 0.1) is 24.1 Å². The van der Waals surface area contributed by atoms with Crippen molar-refractivity contribution in [3.63, 3.8) is 0 Å². The van der Waals surface area contributed by atoms with Crippen molar-refractivity contribution in [1.29, 1.82) is 0 Å². The molecule has 0 aliphatic carbocycles. The molecule has 0 bridgehead atoms. The number of benzene rings is 3. The zero-order valence-electron chi connectivity index (χ0n) is 19.2. The van der Waals surface area contributed by atoms with Gasteiger partial charge in [0.15, 0.2) is 0 Å². The predicted octanol–water partition coefficient (Wildman–Crippen LogP) is 5.98. The minimum Gasteiger partial charge on any atom is -0.495 e. The molecule has 168 valence electrons. The number of halogens is 1. The molecule has 3 aromatic carbocycles. The Morgan fingerprint density at radius 1 is 0.818 bits per heavy atom. The topological polar surface area (TPSA) is 58.6 Å². The minimum atomic E-state index is -0.427. The Hall–Kier alpha value is -3.57. The summed E-state index contributed by atoms with van der Waals surface area (Å²) in [4.78, 5) is 28.7. The third-order valence-corrected chi connectivity index (χ3v) is 6.14. The zero-order valence-corrected chi connectivity index (χ0v) is 20.0. The van der Waals surface area contributed by atoms with Crippen LogP contribution in [0.2, 0.25) is 5.02 Å². The molecule has 33 heavy (non-hydrogen) atoms. The summed E-state index contributed by atoms with van der Waals surface area (Å²) >= 11 is 6.20. The van der Waals surface area contributed by atoms with Crippen LogP contribution in [-0.2, 0) is 9.59 Å². The second-order valence-electron chi connectivity index (χ2n) is 8.25. The van der Waals surface area contributed by atoms with Crippen molar-refractivity contribution >= 4 is 40.4 Å². The van der Waals surface area contributed by atoms with E-state index in [9.17, 15) is 9.59 Å². The van der Waals surface area contributed by atoms with Gasteiger partial charge in [-0.05, 0) is 79.8 Å². The number of hydrogen-bond acceptors (Lipinski definition) is 4. The number of imide groups is 1. The summed E-state index contributed by atoms with van der Waals surface area (Å²) in [6.07, 6.45) is 0. The number of amides is 2. The number of hydrogen-bond donors (Lipinski definition) is 1. The van der Waals surface area contributed by atoms with E-state index in [0.29, 0.717) is 33.3 Å². The van der Waals surface area contributed by atoms with E-state index >= 15 is 0 Å². The maximum atomic E-state index is 13.7. The van der Waals surface area contributed by atoms with E-state index in [1.807, 2.05) is 64.1 Å². The van der Waals surface area contributed by atoms with Gasteiger partial charge in [-0.15, -0.1) is 0 Å². The molecule has 6 heteroatoms. The molecule has 3 aromatic rings. The fourth-order valence-corrected chi connectivity index (χ4v) is 4.07. The highest BCUT2D eigenvalue weighted by Gasteiger charge is 2.41. The largest absolute Gasteiger partial charge is 0.495 e. The minimum absolute atomic E-state index is 0.185. The fraction of sp³-hybridized carbons (Fsp3) is 0.185. The van der Waals surface area contributed by atoms with Crippen molar-refractivity contribution in [3.8, 4) is 5.75 Å². The first-order valence-corrected chi connectivity index (χ1v) is 11.0. The normalized spacial score (nSPS) is 13.7. The molecule has 1 N–H and O–H groups in total. The Labute approximate surface area is 198 Å². The van der Waals surface area contributed by atoms with Gasteiger partial charge in [0.2, 0.25) is 0 Å². The summed E-state index contributed by atoms with van der Waals surface area (Å²) in [7, 11) is 1.54. The number of anilines is 2. The summed E-state index contributed by atoms with van der Waals surface area (Å²) in [5.41, 5.74) is 6.18. The molecular weight excluding hydrogens is 436 g/mol. The Morgan fingerprint density at radius 2 is 1.55 bits per heavy atom. The summed E-state index contributed by atoms with van der Waals surface area (Å²) in [5.74, 6) is -0.291. The number of nitrogens with one attached hydrogen (secondary N) is 1. The molecule has 0 radical (unpaired) electrons. The smallest absolute Gasteiger partial charge is 0.282 e. The fourth-order valence-electron chi connectivity index (χ4n) is 3.90. The highest BCUT2D eigenvalue weighted by Crippen LogP contribution is 2.38. The molecule has 0 spiro atoms. The SMILES string of the molecule is COc1ccc(Cl)cc1NC1=C(c2ccc(C)c(C)c2)C(=O)N(c2cc(C)ccc2C)C1=O. The van der Waals surface area contributed by atoms with E-state index in [1.165, 1.54) is 12.0 Å². The molecule has 1 heterocycles. The number of carbonyl (C=O) groups is 2. The molecule has 1 aliphatic heterocycles. The maximum Gasteiger partial charge on any atom is 0.282 e. The maximum absolute atomic E-state index is 13.7. The number of methoxy groups -OCH3 is 1. The van der Waals surface area contributed by atoms with Gasteiger partial charge < -0.3 is 10.1 Å². The van der Waals surface area contributed by atoms with Crippen LogP contribution in [0.15, 0.2) is 60.3 Å². The first-order valence-electron chi connectivity index (χ1n) is 10.6. The highest BCUT2D eigenvalue weighted by atomic mass is 35.5. The van der Waals surface area contributed by atoms with Crippen molar-refractivity contribution in [3.05, 3.63) is 93.1 Å². The predicted molar refractivity (Wildman–Crippen MR) is 133 cm³/mol. The average molecular weight is 461 g/mol. The number of aryl methyl sites for hydroxylation is 4. The molecule has 0 atom stereocenters. The Kier molecular flexibility index (Phi) is 6.00. The standard InChI is InChI=1S/C27H25ClN2O3/c1-15-6-7-17(3)22(12-15)30-26(31)24(19-9-8-16(2)18(4)13-19)25(27(30)32)29-21-14-20(28)10-11-23(21)33-5/h6-14,29H,1-5H3. The highest BCUT2D eigenvalue weighted by molar-refractivity contribution is 6.46. The van der Waals surface area contributed by atoms with Gasteiger partial charge in [-0.25, -0.2) is 4.90 Å². The summed E-state index contributed by atoms with van der Waals surface area (Å²) in [5, 5.41) is 3.64. The lowest BCUT2D eigenvalue weighted by Gasteiger charge is -2.19. The molecule has 0 saturated heterocycles. The first-order chi connectivity index (χ1) is 15.7. The van der Waals surface area contributed by atoms with E-state index in [2.05, 4.69) is 5.32 Å². The van der Waals surface area contributed by atoms with Gasteiger partial charge in [0, 0.05) is 5.02 Å². The van der Waals surface area contributed by atoms with Crippen molar-refractivity contribution in [2.75, 3.05) is 17.3 Å². The van der Waals surface area contributed by atoms with Crippen LogP contribution in [0.3, 0.4) is 0 Å². The van der Waals surface area contributed by atoms with E-state index in [4.69, 9.17) is 16.3 Å². The van der Waals surface area contributed by atoms with Crippen LogP contribution < -0.4 is 15.0 Å². The average Bonchev–Trinajstić information content (AvgIpc) is 3.01. The van der Waals surface area contributed by atoms with Gasteiger partial charge in [-0.3, -0.25) is 9.59 Å². The summed E-state index contributed by atoms with van der Waals surface area (Å²) in [6, 6.07) is 16.6. The Bertz CT molecular complexity index is 1330. The van der Waals surface area contributed by atoms with Gasteiger partial charge in [-0.2, -0.15) is 0 Å². The van der Waals surface area contributed by atoms with Crippen LogP contribution in [0.5, 0.6) is 5.75 Å². The van der Waals surface area contributed by atoms with Crippen LogP contribution in [0, 0.1) is 27.7 Å². The Balaban J connectivity index is 1.91. The van der Waals surface area contributed by atoms with E-state index in [0.717, 1.165) is 22.3 Å². The lowest BCUT2D eigenvalue weighted by molar-refractivity contribution is -0.120. The van der Waals surface area contributed by atoms with Gasteiger partial charge in [-0.1, -0.05) is 41.9 Å². The number of ether oxygens (including phenoxy) is 1. The van der Waals surface area contributed by atoms with E-state index in [1.54, 1.807) is 18.2 Å². The molecule has 1 aliphatic rings. The molecule has 0 unspecified atom stereocenters. The van der Waals surface area contributed by atoms with Crippen molar-refractivity contribution < 1.29 is 14.3 Å². The van der Waals surface area contributed by atoms with Crippen molar-refractivity contribution in [2.24, 2.45) is 0 Å². The monoisotopic (exact) mass is 460 g/mol. The number of carbonyl (C=O) groups excluding carboxylic acids is 2. The second-order valence-corrected chi connectivity index (χ2v) is 8.69. The van der Waals surface area contributed by atoms with Crippen LogP contribution in [0.1, 0.15) is 27.8 Å². The molecule has 4 rings (SSSR count). The molecule has 0 fully saturated rings. The summed E-state index contributed by atoms with van der Waals surface area (Å²) in [6.45, 7) is 7.81. The van der Waals surface area contributed by atoms with Crippen LogP contribution in [-0.4, -0.2) is 18.9 Å². The second kappa shape index (κ2) is 8.75. The molecule has 0 aromatic heterocycles. The lowest BCUT2D eigenvalue weighted by Crippen LogP contribution is -2.33. The summed E-state index contributed by atoms with van der Waals surface area (Å²) < 4.78 is 5.44. The molecule has 0 saturated carbocycles. The van der Waals surface area contributed by atoms with Crippen LogP contribution in [0.4, 0.5) is 11.4 Å².